The Bertz CT molecular complexity index is 815. The maximum absolute atomic E-state index is 14.0. The summed E-state index contributed by atoms with van der Waals surface area (Å²) in [6.45, 7) is 1.89. The number of tetrazole rings is 1. The minimum Gasteiger partial charge on any atom is -0.399 e. The monoisotopic (exact) mass is 303 g/mol. The van der Waals surface area contributed by atoms with Crippen molar-refractivity contribution >= 4 is 17.3 Å². The average Bonchev–Trinajstić information content (AvgIpc) is 2.93. The topological polar surface area (TPSA) is 69.6 Å². The molecule has 1 aromatic heterocycles. The molecule has 0 bridgehead atoms. The van der Waals surface area contributed by atoms with Gasteiger partial charge in [-0.25, -0.2) is 4.39 Å². The van der Waals surface area contributed by atoms with Gasteiger partial charge in [-0.3, -0.25) is 0 Å². The molecule has 7 heteroatoms. The maximum atomic E-state index is 14.0. The number of halogens is 2. The Hall–Kier alpha value is -2.47. The van der Waals surface area contributed by atoms with Crippen molar-refractivity contribution in [1.82, 2.24) is 20.2 Å². The van der Waals surface area contributed by atoms with Crippen LogP contribution < -0.4 is 5.73 Å². The molecule has 2 N–H and O–H groups in total. The van der Waals surface area contributed by atoms with Gasteiger partial charge >= 0.3 is 0 Å². The molecular formula is C14H11ClFN5. The molecule has 0 amide bonds. The molecule has 0 radical (unpaired) electrons. The van der Waals surface area contributed by atoms with E-state index in [0.717, 1.165) is 5.56 Å². The van der Waals surface area contributed by atoms with E-state index in [1.54, 1.807) is 6.07 Å². The zero-order chi connectivity index (χ0) is 15.0. The fourth-order valence-corrected chi connectivity index (χ4v) is 2.13. The molecule has 5 nitrogen and oxygen atoms in total. The summed E-state index contributed by atoms with van der Waals surface area (Å²) in [4.78, 5) is 0. The van der Waals surface area contributed by atoms with E-state index >= 15 is 0 Å². The van der Waals surface area contributed by atoms with Gasteiger partial charge in [0, 0.05) is 10.7 Å². The van der Waals surface area contributed by atoms with Crippen LogP contribution in [0.4, 0.5) is 10.1 Å². The molecule has 0 aliphatic carbocycles. The van der Waals surface area contributed by atoms with Gasteiger partial charge in [0.05, 0.1) is 11.3 Å². The number of aromatic nitrogens is 4. The molecule has 0 aliphatic rings. The maximum Gasteiger partial charge on any atom is 0.190 e. The van der Waals surface area contributed by atoms with Crippen molar-refractivity contribution in [3.05, 3.63) is 52.8 Å². The zero-order valence-corrected chi connectivity index (χ0v) is 11.8. The molecule has 21 heavy (non-hydrogen) atoms. The first-order chi connectivity index (χ1) is 10.1. The Labute approximate surface area is 125 Å². The highest BCUT2D eigenvalue weighted by molar-refractivity contribution is 6.31. The number of hydrogen-bond acceptors (Lipinski definition) is 4. The molecule has 3 rings (SSSR count). The Balaban J connectivity index is 2.17. The fraction of sp³-hybridized carbons (Fsp3) is 0.0714. The first kappa shape index (κ1) is 13.5. The van der Waals surface area contributed by atoms with Crippen LogP contribution in [0.2, 0.25) is 5.02 Å². The van der Waals surface area contributed by atoms with E-state index in [1.165, 1.54) is 22.9 Å². The molecule has 0 saturated heterocycles. The van der Waals surface area contributed by atoms with Gasteiger partial charge in [-0.05, 0) is 53.2 Å². The van der Waals surface area contributed by atoms with Crippen molar-refractivity contribution in [2.45, 2.75) is 6.92 Å². The van der Waals surface area contributed by atoms with Crippen molar-refractivity contribution in [2.75, 3.05) is 5.73 Å². The minimum absolute atomic E-state index is 0.233. The lowest BCUT2D eigenvalue weighted by atomic mass is 10.1. The van der Waals surface area contributed by atoms with E-state index in [9.17, 15) is 4.39 Å². The highest BCUT2D eigenvalue weighted by Crippen LogP contribution is 2.26. The van der Waals surface area contributed by atoms with Crippen LogP contribution in [-0.4, -0.2) is 20.2 Å². The molecule has 0 atom stereocenters. The van der Waals surface area contributed by atoms with Crippen LogP contribution in [0.25, 0.3) is 17.1 Å². The first-order valence-corrected chi connectivity index (χ1v) is 6.54. The minimum atomic E-state index is -0.446. The average molecular weight is 304 g/mol. The van der Waals surface area contributed by atoms with E-state index in [1.807, 2.05) is 19.1 Å². The first-order valence-electron chi connectivity index (χ1n) is 6.16. The number of hydrogen-bond donors (Lipinski definition) is 1. The fourth-order valence-electron chi connectivity index (χ4n) is 1.96. The van der Waals surface area contributed by atoms with Gasteiger partial charge < -0.3 is 5.73 Å². The van der Waals surface area contributed by atoms with Crippen LogP contribution in [-0.2, 0) is 0 Å². The highest BCUT2D eigenvalue weighted by atomic mass is 35.5. The second kappa shape index (κ2) is 5.14. The number of aryl methyl sites for hydroxylation is 1. The van der Waals surface area contributed by atoms with Crippen molar-refractivity contribution in [3.63, 3.8) is 0 Å². The van der Waals surface area contributed by atoms with E-state index in [0.29, 0.717) is 16.4 Å². The van der Waals surface area contributed by atoms with Gasteiger partial charge in [0.15, 0.2) is 5.82 Å². The number of nitrogens with two attached hydrogens (primary N) is 1. The van der Waals surface area contributed by atoms with Gasteiger partial charge in [-0.1, -0.05) is 17.7 Å². The quantitative estimate of drug-likeness (QED) is 0.739. The lowest BCUT2D eigenvalue weighted by molar-refractivity contribution is 0.629. The normalized spacial score (nSPS) is 10.8. The van der Waals surface area contributed by atoms with Gasteiger partial charge in [-0.2, -0.15) is 4.68 Å². The SMILES string of the molecule is Cc1ccc(-n2nnnc2-c2cc(N)ccc2F)cc1Cl. The van der Waals surface area contributed by atoms with E-state index in [4.69, 9.17) is 17.3 Å². The molecule has 2 aromatic carbocycles. The Morgan fingerprint density at radius 2 is 2.00 bits per heavy atom. The number of rotatable bonds is 2. The molecule has 0 spiro atoms. The summed E-state index contributed by atoms with van der Waals surface area (Å²) in [6, 6.07) is 9.64. The van der Waals surface area contributed by atoms with Crippen LogP contribution in [0.15, 0.2) is 36.4 Å². The largest absolute Gasteiger partial charge is 0.399 e. The molecule has 1 heterocycles. The van der Waals surface area contributed by atoms with Crippen molar-refractivity contribution in [3.8, 4) is 17.1 Å². The third kappa shape index (κ3) is 2.45. The van der Waals surface area contributed by atoms with Crippen LogP contribution in [0.5, 0.6) is 0 Å². The number of nitrogens with zero attached hydrogens (tertiary/aromatic N) is 4. The van der Waals surface area contributed by atoms with E-state index in [2.05, 4.69) is 15.5 Å². The number of anilines is 1. The Morgan fingerprint density at radius 1 is 1.19 bits per heavy atom. The van der Waals surface area contributed by atoms with Crippen molar-refractivity contribution < 1.29 is 4.39 Å². The second-order valence-electron chi connectivity index (χ2n) is 4.59. The van der Waals surface area contributed by atoms with Gasteiger partial charge in [-0.15, -0.1) is 5.10 Å². The molecule has 0 unspecified atom stereocenters. The van der Waals surface area contributed by atoms with Gasteiger partial charge in [0.2, 0.25) is 0 Å². The lowest BCUT2D eigenvalue weighted by Crippen LogP contribution is -2.02. The summed E-state index contributed by atoms with van der Waals surface area (Å²) in [5.74, 6) is -0.182. The van der Waals surface area contributed by atoms with Crippen LogP contribution in [0, 0.1) is 12.7 Å². The van der Waals surface area contributed by atoms with Crippen molar-refractivity contribution in [1.29, 1.82) is 0 Å². The smallest absolute Gasteiger partial charge is 0.190 e. The summed E-state index contributed by atoms with van der Waals surface area (Å²) in [5.41, 5.74) is 7.95. The third-order valence-corrected chi connectivity index (χ3v) is 3.51. The molecular weight excluding hydrogens is 293 g/mol. The summed E-state index contributed by atoms with van der Waals surface area (Å²) in [5, 5.41) is 12.0. The lowest BCUT2D eigenvalue weighted by Gasteiger charge is -2.07. The van der Waals surface area contributed by atoms with Gasteiger partial charge in [0.25, 0.3) is 0 Å². The molecule has 0 fully saturated rings. The zero-order valence-electron chi connectivity index (χ0n) is 11.1. The second-order valence-corrected chi connectivity index (χ2v) is 4.99. The molecule has 3 aromatic rings. The molecule has 0 saturated carbocycles. The third-order valence-electron chi connectivity index (χ3n) is 3.10. The summed E-state index contributed by atoms with van der Waals surface area (Å²) < 4.78 is 15.4. The summed E-state index contributed by atoms with van der Waals surface area (Å²) >= 11 is 6.11. The van der Waals surface area contributed by atoms with Crippen LogP contribution in [0.1, 0.15) is 5.56 Å². The Kier molecular flexibility index (Phi) is 3.31. The highest BCUT2D eigenvalue weighted by Gasteiger charge is 2.15. The van der Waals surface area contributed by atoms with Crippen molar-refractivity contribution in [2.24, 2.45) is 0 Å². The van der Waals surface area contributed by atoms with Gasteiger partial charge in [0.1, 0.15) is 5.82 Å². The van der Waals surface area contributed by atoms with E-state index < -0.39 is 5.82 Å². The number of nitrogen functional groups attached to an aromatic ring is 1. The van der Waals surface area contributed by atoms with Crippen LogP contribution >= 0.6 is 11.6 Å². The molecule has 0 aliphatic heterocycles. The number of benzene rings is 2. The standard InChI is InChI=1S/C14H11ClFN5/c1-8-2-4-10(7-12(8)15)21-14(18-19-20-21)11-6-9(17)3-5-13(11)16/h2-7H,17H2,1H3. The molecule has 106 valence electrons. The summed E-state index contributed by atoms with van der Waals surface area (Å²) in [7, 11) is 0. The van der Waals surface area contributed by atoms with E-state index in [-0.39, 0.29) is 11.4 Å². The predicted octanol–water partition coefficient (Wildman–Crippen LogP) is 3.01. The van der Waals surface area contributed by atoms with Crippen LogP contribution in [0.3, 0.4) is 0 Å². The predicted molar refractivity (Wildman–Crippen MR) is 78.7 cm³/mol. The summed E-state index contributed by atoms with van der Waals surface area (Å²) in [6.07, 6.45) is 0. The Morgan fingerprint density at radius 3 is 2.76 bits per heavy atom.